The van der Waals surface area contributed by atoms with Crippen molar-refractivity contribution in [3.05, 3.63) is 95.1 Å². The molecule has 134 valence electrons. The van der Waals surface area contributed by atoms with Crippen molar-refractivity contribution < 1.29 is 0 Å². The lowest BCUT2D eigenvalue weighted by molar-refractivity contribution is 0.713. The van der Waals surface area contributed by atoms with E-state index in [0.29, 0.717) is 6.54 Å². The maximum absolute atomic E-state index is 5.98. The van der Waals surface area contributed by atoms with E-state index in [9.17, 15) is 0 Å². The van der Waals surface area contributed by atoms with Crippen molar-refractivity contribution in [1.29, 1.82) is 0 Å². The number of hydrogen-bond acceptors (Lipinski definition) is 4. The number of benzene rings is 2. The minimum absolute atomic E-state index is 0.697. The van der Waals surface area contributed by atoms with E-state index < -0.39 is 0 Å². The van der Waals surface area contributed by atoms with Gasteiger partial charge in [0.1, 0.15) is 5.69 Å². The minimum atomic E-state index is 0.697. The van der Waals surface area contributed by atoms with Crippen LogP contribution in [0.3, 0.4) is 0 Å². The predicted octanol–water partition coefficient (Wildman–Crippen LogP) is 5.33. The Morgan fingerprint density at radius 2 is 1.59 bits per heavy atom. The van der Waals surface area contributed by atoms with E-state index in [0.717, 1.165) is 27.5 Å². The fourth-order valence-corrected chi connectivity index (χ4v) is 3.74. The average Bonchev–Trinajstić information content (AvgIpc) is 3.11. The Morgan fingerprint density at radius 1 is 0.815 bits per heavy atom. The molecule has 4 rings (SSSR count). The van der Waals surface area contributed by atoms with Crippen molar-refractivity contribution in [3.8, 4) is 11.5 Å². The van der Waals surface area contributed by atoms with Crippen molar-refractivity contribution in [2.75, 3.05) is 0 Å². The van der Waals surface area contributed by atoms with Crippen molar-refractivity contribution in [3.63, 3.8) is 0 Å². The summed E-state index contributed by atoms with van der Waals surface area (Å²) in [6, 6.07) is 24.0. The molecule has 2 heterocycles. The fraction of sp³-hybridized carbons (Fsp3) is 0.0952. The summed E-state index contributed by atoms with van der Waals surface area (Å²) in [5.74, 6) is 1.57. The van der Waals surface area contributed by atoms with E-state index in [1.165, 1.54) is 11.1 Å². The standard InChI is InChI=1S/C21H17ClN4S/c22-18-11-9-17(10-12-18)15-27-21-25-24-20(19-8-4-5-13-23-19)26(21)14-16-6-2-1-3-7-16/h1-13H,14-15H2. The summed E-state index contributed by atoms with van der Waals surface area (Å²) in [4.78, 5) is 4.45. The molecule has 4 nitrogen and oxygen atoms in total. The number of halogens is 1. The zero-order chi connectivity index (χ0) is 18.5. The first-order valence-corrected chi connectivity index (χ1v) is 9.92. The zero-order valence-corrected chi connectivity index (χ0v) is 16.1. The molecule has 0 fully saturated rings. The summed E-state index contributed by atoms with van der Waals surface area (Å²) < 4.78 is 2.12. The molecule has 6 heteroatoms. The van der Waals surface area contributed by atoms with Gasteiger partial charge in [-0.1, -0.05) is 71.9 Å². The molecular formula is C21H17ClN4S. The Balaban J connectivity index is 1.64. The van der Waals surface area contributed by atoms with E-state index in [2.05, 4.69) is 31.9 Å². The Kier molecular flexibility index (Phi) is 5.51. The van der Waals surface area contributed by atoms with E-state index in [1.807, 2.05) is 60.7 Å². The van der Waals surface area contributed by atoms with Gasteiger partial charge in [-0.2, -0.15) is 0 Å². The molecule has 0 saturated carbocycles. The first kappa shape index (κ1) is 17.8. The van der Waals surface area contributed by atoms with Crippen LogP contribution in [0.1, 0.15) is 11.1 Å². The second-order valence-electron chi connectivity index (χ2n) is 6.01. The predicted molar refractivity (Wildman–Crippen MR) is 110 cm³/mol. The van der Waals surface area contributed by atoms with Gasteiger partial charge in [-0.05, 0) is 35.4 Å². The molecule has 4 aromatic rings. The molecule has 0 aliphatic heterocycles. The molecule has 0 aliphatic rings. The van der Waals surface area contributed by atoms with Gasteiger partial charge >= 0.3 is 0 Å². The van der Waals surface area contributed by atoms with Gasteiger partial charge in [-0.25, -0.2) is 0 Å². The highest BCUT2D eigenvalue weighted by molar-refractivity contribution is 7.98. The SMILES string of the molecule is Clc1ccc(CSc2nnc(-c3ccccn3)n2Cc2ccccc2)cc1. The molecule has 0 radical (unpaired) electrons. The van der Waals surface area contributed by atoms with Crippen LogP contribution in [0.5, 0.6) is 0 Å². The molecule has 0 bridgehead atoms. The van der Waals surface area contributed by atoms with Gasteiger partial charge in [0.15, 0.2) is 11.0 Å². The van der Waals surface area contributed by atoms with Gasteiger partial charge < -0.3 is 0 Å². The number of aromatic nitrogens is 4. The molecule has 0 saturated heterocycles. The summed E-state index contributed by atoms with van der Waals surface area (Å²) in [6.45, 7) is 0.697. The van der Waals surface area contributed by atoms with E-state index in [-0.39, 0.29) is 0 Å². The molecule has 0 atom stereocenters. The number of pyridine rings is 1. The Hall–Kier alpha value is -2.63. The van der Waals surface area contributed by atoms with Crippen molar-refractivity contribution >= 4 is 23.4 Å². The largest absolute Gasteiger partial charge is 0.296 e. The summed E-state index contributed by atoms with van der Waals surface area (Å²) in [5, 5.41) is 10.5. The van der Waals surface area contributed by atoms with Gasteiger partial charge in [0, 0.05) is 17.0 Å². The molecular weight excluding hydrogens is 376 g/mol. The summed E-state index contributed by atoms with van der Waals surface area (Å²) in [7, 11) is 0. The maximum Gasteiger partial charge on any atom is 0.192 e. The number of hydrogen-bond donors (Lipinski definition) is 0. The van der Waals surface area contributed by atoms with Crippen molar-refractivity contribution in [2.45, 2.75) is 17.5 Å². The van der Waals surface area contributed by atoms with E-state index in [1.54, 1.807) is 18.0 Å². The quantitative estimate of drug-likeness (QED) is 0.416. The normalized spacial score (nSPS) is 10.9. The smallest absolute Gasteiger partial charge is 0.192 e. The molecule has 0 aliphatic carbocycles. The lowest BCUT2D eigenvalue weighted by Crippen LogP contribution is -2.04. The molecule has 0 unspecified atom stereocenters. The van der Waals surface area contributed by atoms with Crippen LogP contribution in [-0.2, 0) is 12.3 Å². The van der Waals surface area contributed by atoms with E-state index in [4.69, 9.17) is 11.6 Å². The van der Waals surface area contributed by atoms with Crippen LogP contribution in [0.15, 0.2) is 84.1 Å². The van der Waals surface area contributed by atoms with Gasteiger partial charge in [0.05, 0.1) is 6.54 Å². The second-order valence-corrected chi connectivity index (χ2v) is 7.39. The third-order valence-corrected chi connectivity index (χ3v) is 5.37. The second kappa shape index (κ2) is 8.37. The van der Waals surface area contributed by atoms with Gasteiger partial charge in [-0.15, -0.1) is 10.2 Å². The van der Waals surface area contributed by atoms with Crippen LogP contribution in [0.4, 0.5) is 0 Å². The average molecular weight is 393 g/mol. The van der Waals surface area contributed by atoms with Crippen molar-refractivity contribution in [2.24, 2.45) is 0 Å². The molecule has 0 N–H and O–H groups in total. The maximum atomic E-state index is 5.98. The lowest BCUT2D eigenvalue weighted by atomic mass is 10.2. The highest BCUT2D eigenvalue weighted by atomic mass is 35.5. The Morgan fingerprint density at radius 3 is 2.33 bits per heavy atom. The van der Waals surface area contributed by atoms with Crippen LogP contribution < -0.4 is 0 Å². The summed E-state index contributed by atoms with van der Waals surface area (Å²) in [5.41, 5.74) is 3.21. The molecule has 0 amide bonds. The zero-order valence-electron chi connectivity index (χ0n) is 14.5. The molecule has 0 spiro atoms. The summed E-state index contributed by atoms with van der Waals surface area (Å²) >= 11 is 7.63. The monoisotopic (exact) mass is 392 g/mol. The number of rotatable bonds is 6. The molecule has 2 aromatic heterocycles. The van der Waals surface area contributed by atoms with Crippen LogP contribution in [0.25, 0.3) is 11.5 Å². The van der Waals surface area contributed by atoms with Crippen LogP contribution >= 0.6 is 23.4 Å². The topological polar surface area (TPSA) is 43.6 Å². The van der Waals surface area contributed by atoms with E-state index >= 15 is 0 Å². The highest BCUT2D eigenvalue weighted by Gasteiger charge is 2.15. The van der Waals surface area contributed by atoms with Crippen LogP contribution in [-0.4, -0.2) is 19.7 Å². The minimum Gasteiger partial charge on any atom is -0.296 e. The third kappa shape index (κ3) is 4.38. The highest BCUT2D eigenvalue weighted by Crippen LogP contribution is 2.27. The fourth-order valence-electron chi connectivity index (χ4n) is 2.72. The lowest BCUT2D eigenvalue weighted by Gasteiger charge is -2.10. The third-order valence-electron chi connectivity index (χ3n) is 4.08. The first-order chi connectivity index (χ1) is 13.3. The number of nitrogens with zero attached hydrogens (tertiary/aromatic N) is 4. The molecule has 2 aromatic carbocycles. The number of thioether (sulfide) groups is 1. The van der Waals surface area contributed by atoms with Gasteiger partial charge in [0.25, 0.3) is 0 Å². The Labute approximate surface area is 167 Å². The van der Waals surface area contributed by atoms with Gasteiger partial charge in [0.2, 0.25) is 0 Å². The summed E-state index contributed by atoms with van der Waals surface area (Å²) in [6.07, 6.45) is 1.78. The molecule has 27 heavy (non-hydrogen) atoms. The Bertz CT molecular complexity index is 1000. The van der Waals surface area contributed by atoms with Crippen LogP contribution in [0.2, 0.25) is 5.02 Å². The van der Waals surface area contributed by atoms with Crippen LogP contribution in [0, 0.1) is 0 Å². The van der Waals surface area contributed by atoms with Crippen molar-refractivity contribution in [1.82, 2.24) is 19.7 Å². The van der Waals surface area contributed by atoms with Gasteiger partial charge in [-0.3, -0.25) is 9.55 Å². The first-order valence-electron chi connectivity index (χ1n) is 8.55.